The summed E-state index contributed by atoms with van der Waals surface area (Å²) in [5, 5.41) is 16.9. The topological polar surface area (TPSA) is 65.1 Å². The van der Waals surface area contributed by atoms with Crippen molar-refractivity contribution in [3.05, 3.63) is 59.2 Å². The molecule has 1 saturated heterocycles. The van der Waals surface area contributed by atoms with Crippen LogP contribution in [-0.2, 0) is 0 Å². The van der Waals surface area contributed by atoms with Gasteiger partial charge >= 0.3 is 0 Å². The SMILES string of the molecule is CCC[C@H]1CC[C@@H](Oc2ccc(=N)n(C(=N)[C@@H]3CCCN3C)c2)c2ccccc21. The lowest BCUT2D eigenvalue weighted by Crippen LogP contribution is -2.40. The van der Waals surface area contributed by atoms with Crippen LogP contribution in [0.1, 0.15) is 68.6 Å². The van der Waals surface area contributed by atoms with Gasteiger partial charge in [0.1, 0.15) is 23.2 Å². The van der Waals surface area contributed by atoms with E-state index in [-0.39, 0.29) is 12.1 Å². The molecule has 0 bridgehead atoms. The molecule has 3 atom stereocenters. The standard InChI is InChI=1S/C24H32N4O/c1-3-7-17-11-13-22(20-9-5-4-8-19(17)20)29-18-12-14-23(25)28(16-18)24(26)21-10-6-15-27(21)2/h4-5,8-9,12,14,16-17,21-22,25-26H,3,6-7,10-11,13,15H2,1-2H3/t17-,21-,22+/m0/s1. The van der Waals surface area contributed by atoms with Crippen molar-refractivity contribution >= 4 is 5.84 Å². The molecule has 0 spiro atoms. The summed E-state index contributed by atoms with van der Waals surface area (Å²) in [6, 6.07) is 12.4. The van der Waals surface area contributed by atoms with E-state index in [1.807, 2.05) is 12.3 Å². The smallest absolute Gasteiger partial charge is 0.137 e. The van der Waals surface area contributed by atoms with Gasteiger partial charge in [-0.05, 0) is 74.9 Å². The molecule has 2 aromatic rings. The molecule has 1 aliphatic carbocycles. The summed E-state index contributed by atoms with van der Waals surface area (Å²) < 4.78 is 8.11. The number of rotatable bonds is 5. The molecule has 1 aromatic heterocycles. The highest BCUT2D eigenvalue weighted by atomic mass is 16.5. The molecule has 0 saturated carbocycles. The zero-order valence-corrected chi connectivity index (χ0v) is 17.5. The summed E-state index contributed by atoms with van der Waals surface area (Å²) in [5.74, 6) is 1.83. The van der Waals surface area contributed by atoms with Gasteiger partial charge in [-0.2, -0.15) is 0 Å². The van der Waals surface area contributed by atoms with Crippen molar-refractivity contribution in [2.24, 2.45) is 0 Å². The summed E-state index contributed by atoms with van der Waals surface area (Å²) in [7, 11) is 2.06. The fourth-order valence-corrected chi connectivity index (χ4v) is 4.94. The van der Waals surface area contributed by atoms with Crippen molar-refractivity contribution in [2.75, 3.05) is 13.6 Å². The number of fused-ring (bicyclic) bond motifs is 1. The van der Waals surface area contributed by atoms with E-state index in [2.05, 4.69) is 43.1 Å². The zero-order valence-electron chi connectivity index (χ0n) is 17.5. The Balaban J connectivity index is 1.58. The van der Waals surface area contributed by atoms with Crippen LogP contribution in [-0.4, -0.2) is 34.9 Å². The van der Waals surface area contributed by atoms with Gasteiger partial charge < -0.3 is 4.74 Å². The minimum Gasteiger partial charge on any atom is -0.484 e. The van der Waals surface area contributed by atoms with Gasteiger partial charge in [0.15, 0.2) is 0 Å². The first kappa shape index (κ1) is 19.9. The van der Waals surface area contributed by atoms with Crippen molar-refractivity contribution in [1.82, 2.24) is 9.47 Å². The Bertz CT molecular complexity index is 934. The molecule has 0 unspecified atom stereocenters. The average Bonchev–Trinajstić information content (AvgIpc) is 3.16. The van der Waals surface area contributed by atoms with Crippen molar-refractivity contribution in [2.45, 2.75) is 63.5 Å². The van der Waals surface area contributed by atoms with E-state index in [1.54, 1.807) is 10.6 Å². The Kier molecular flexibility index (Phi) is 5.86. The molecule has 4 rings (SSSR count). The second-order valence-corrected chi connectivity index (χ2v) is 8.44. The summed E-state index contributed by atoms with van der Waals surface area (Å²) in [5.41, 5.74) is 3.05. The third kappa shape index (κ3) is 4.01. The summed E-state index contributed by atoms with van der Waals surface area (Å²) >= 11 is 0. The van der Waals surface area contributed by atoms with Crippen molar-refractivity contribution < 1.29 is 4.74 Å². The highest BCUT2D eigenvalue weighted by Crippen LogP contribution is 2.41. The van der Waals surface area contributed by atoms with E-state index < -0.39 is 0 Å². The van der Waals surface area contributed by atoms with Crippen molar-refractivity contribution in [3.63, 3.8) is 0 Å². The first-order valence-corrected chi connectivity index (χ1v) is 10.9. The van der Waals surface area contributed by atoms with E-state index in [9.17, 15) is 0 Å². The average molecular weight is 393 g/mol. The first-order valence-electron chi connectivity index (χ1n) is 10.9. The normalized spacial score (nSPS) is 24.3. The largest absolute Gasteiger partial charge is 0.484 e. The lowest BCUT2D eigenvalue weighted by Gasteiger charge is -2.32. The molecular formula is C24H32N4O. The second-order valence-electron chi connectivity index (χ2n) is 8.44. The zero-order chi connectivity index (χ0) is 20.4. The van der Waals surface area contributed by atoms with E-state index in [1.165, 1.54) is 24.0 Å². The minimum atomic E-state index is 0.0349. The Morgan fingerprint density at radius 1 is 1.10 bits per heavy atom. The number of likely N-dealkylation sites (tertiary alicyclic amines) is 1. The Morgan fingerprint density at radius 2 is 1.90 bits per heavy atom. The molecule has 2 heterocycles. The van der Waals surface area contributed by atoms with Crippen molar-refractivity contribution in [3.8, 4) is 5.75 Å². The molecular weight excluding hydrogens is 360 g/mol. The van der Waals surface area contributed by atoms with Crippen LogP contribution in [0.5, 0.6) is 5.75 Å². The molecule has 154 valence electrons. The second kappa shape index (κ2) is 8.54. The molecule has 29 heavy (non-hydrogen) atoms. The maximum absolute atomic E-state index is 8.65. The van der Waals surface area contributed by atoms with Crippen LogP contribution in [0.25, 0.3) is 0 Å². The summed E-state index contributed by atoms with van der Waals surface area (Å²) in [6.07, 6.45) is 8.52. The number of ether oxygens (including phenoxy) is 1. The van der Waals surface area contributed by atoms with Crippen LogP contribution in [0, 0.1) is 10.8 Å². The lowest BCUT2D eigenvalue weighted by molar-refractivity contribution is 0.174. The third-order valence-corrected chi connectivity index (χ3v) is 6.49. The molecule has 0 amide bonds. The van der Waals surface area contributed by atoms with Gasteiger partial charge in [0.05, 0.1) is 12.2 Å². The fourth-order valence-electron chi connectivity index (χ4n) is 4.94. The van der Waals surface area contributed by atoms with E-state index in [0.29, 0.717) is 17.2 Å². The number of aromatic nitrogens is 1. The predicted molar refractivity (Wildman–Crippen MR) is 116 cm³/mol. The van der Waals surface area contributed by atoms with Gasteiger partial charge in [-0.15, -0.1) is 0 Å². The quantitative estimate of drug-likeness (QED) is 0.573. The van der Waals surface area contributed by atoms with Gasteiger partial charge in [-0.25, -0.2) is 0 Å². The van der Waals surface area contributed by atoms with Gasteiger partial charge in [0, 0.05) is 0 Å². The lowest BCUT2D eigenvalue weighted by atomic mass is 9.79. The number of hydrogen-bond donors (Lipinski definition) is 2. The predicted octanol–water partition coefficient (Wildman–Crippen LogP) is 4.68. The van der Waals surface area contributed by atoms with Crippen LogP contribution in [0.15, 0.2) is 42.6 Å². The number of benzene rings is 1. The van der Waals surface area contributed by atoms with E-state index in [4.69, 9.17) is 15.6 Å². The molecule has 1 fully saturated rings. The molecule has 5 heteroatoms. The Labute approximate surface area is 173 Å². The molecule has 5 nitrogen and oxygen atoms in total. The monoisotopic (exact) mass is 392 g/mol. The fraction of sp³-hybridized carbons (Fsp3) is 0.500. The number of likely N-dealkylation sites (N-methyl/N-ethyl adjacent to an activating group) is 1. The van der Waals surface area contributed by atoms with Gasteiger partial charge in [0.2, 0.25) is 0 Å². The molecule has 2 aliphatic rings. The van der Waals surface area contributed by atoms with E-state index >= 15 is 0 Å². The number of pyridine rings is 1. The molecule has 1 aromatic carbocycles. The molecule has 1 aliphatic heterocycles. The number of nitrogens with one attached hydrogen (secondary N) is 2. The van der Waals surface area contributed by atoms with Crippen LogP contribution < -0.4 is 10.2 Å². The summed E-state index contributed by atoms with van der Waals surface area (Å²) in [4.78, 5) is 2.20. The van der Waals surface area contributed by atoms with Crippen LogP contribution >= 0.6 is 0 Å². The van der Waals surface area contributed by atoms with Crippen LogP contribution in [0.3, 0.4) is 0 Å². The minimum absolute atomic E-state index is 0.0349. The first-order chi connectivity index (χ1) is 14.1. The Morgan fingerprint density at radius 3 is 2.62 bits per heavy atom. The maximum Gasteiger partial charge on any atom is 0.137 e. The Hall–Kier alpha value is -2.40. The van der Waals surface area contributed by atoms with E-state index in [0.717, 1.165) is 38.0 Å². The molecule has 2 N–H and O–H groups in total. The number of nitrogens with zero attached hydrogens (tertiary/aromatic N) is 2. The number of hydrogen-bond acceptors (Lipinski definition) is 4. The third-order valence-electron chi connectivity index (χ3n) is 6.49. The highest BCUT2D eigenvalue weighted by molar-refractivity contribution is 5.87. The maximum atomic E-state index is 8.65. The van der Waals surface area contributed by atoms with Gasteiger partial charge in [-0.3, -0.25) is 20.3 Å². The van der Waals surface area contributed by atoms with Crippen molar-refractivity contribution in [1.29, 1.82) is 10.8 Å². The van der Waals surface area contributed by atoms with Crippen LogP contribution in [0.2, 0.25) is 0 Å². The van der Waals surface area contributed by atoms with Gasteiger partial charge in [-0.1, -0.05) is 37.6 Å². The van der Waals surface area contributed by atoms with Crippen LogP contribution in [0.4, 0.5) is 0 Å². The summed E-state index contributed by atoms with van der Waals surface area (Å²) in [6.45, 7) is 3.26. The highest BCUT2D eigenvalue weighted by Gasteiger charge is 2.29. The van der Waals surface area contributed by atoms with Gasteiger partial charge in [0.25, 0.3) is 0 Å². The molecule has 0 radical (unpaired) electrons.